The van der Waals surface area contributed by atoms with Crippen LogP contribution in [0.1, 0.15) is 49.4 Å². The van der Waals surface area contributed by atoms with Gasteiger partial charge in [-0.3, -0.25) is 4.79 Å². The van der Waals surface area contributed by atoms with Crippen molar-refractivity contribution in [3.63, 3.8) is 0 Å². The molecule has 27 heavy (non-hydrogen) atoms. The normalized spacial score (nSPS) is 16.7. The molecule has 144 valence electrons. The topological polar surface area (TPSA) is 56.8 Å². The van der Waals surface area contributed by atoms with E-state index in [0.717, 1.165) is 22.4 Å². The second kappa shape index (κ2) is 7.91. The Morgan fingerprint density at radius 3 is 2.52 bits per heavy atom. The van der Waals surface area contributed by atoms with E-state index in [-0.39, 0.29) is 18.6 Å². The summed E-state index contributed by atoms with van der Waals surface area (Å²) in [7, 11) is 1.68. The van der Waals surface area contributed by atoms with Crippen LogP contribution >= 0.6 is 0 Å². The number of fused-ring (bicyclic) bond motifs is 1. The van der Waals surface area contributed by atoms with Crippen LogP contribution in [-0.2, 0) is 4.79 Å². The second-order valence-electron chi connectivity index (χ2n) is 7.20. The van der Waals surface area contributed by atoms with E-state index in [1.807, 2.05) is 38.1 Å². The monoisotopic (exact) mass is 369 g/mol. The molecule has 5 heteroatoms. The minimum Gasteiger partial charge on any atom is -0.496 e. The number of carbonyl (C=O) groups is 1. The highest BCUT2D eigenvalue weighted by Gasteiger charge is 2.28. The van der Waals surface area contributed by atoms with E-state index in [4.69, 9.17) is 14.2 Å². The molecule has 2 atom stereocenters. The van der Waals surface area contributed by atoms with Gasteiger partial charge in [0.05, 0.1) is 13.2 Å². The standard InChI is InChI=1S/C22H27NO4/c1-13(2)16-11-17(14(3)10-20(16)25-5)15(4)23-22(24)21-12-26-18-8-6-7-9-19(18)27-21/h6-11,13,15,21H,12H2,1-5H3,(H,23,24)/t15-,21+/m1/s1. The average Bonchev–Trinajstić information content (AvgIpc) is 2.66. The van der Waals surface area contributed by atoms with Gasteiger partial charge in [0.15, 0.2) is 11.5 Å². The van der Waals surface area contributed by atoms with Gasteiger partial charge < -0.3 is 19.5 Å². The molecule has 1 N–H and O–H groups in total. The summed E-state index contributed by atoms with van der Waals surface area (Å²) in [5, 5.41) is 3.06. The first-order valence-electron chi connectivity index (χ1n) is 9.28. The first-order valence-corrected chi connectivity index (χ1v) is 9.28. The van der Waals surface area contributed by atoms with Gasteiger partial charge in [-0.05, 0) is 60.7 Å². The van der Waals surface area contributed by atoms with E-state index in [2.05, 4.69) is 25.2 Å². The molecule has 0 aromatic heterocycles. The molecule has 0 saturated heterocycles. The largest absolute Gasteiger partial charge is 0.496 e. The molecule has 0 saturated carbocycles. The lowest BCUT2D eigenvalue weighted by Crippen LogP contribution is -2.44. The predicted molar refractivity (Wildman–Crippen MR) is 105 cm³/mol. The maximum atomic E-state index is 12.7. The minimum atomic E-state index is -0.662. The smallest absolute Gasteiger partial charge is 0.265 e. The second-order valence-corrected chi connectivity index (χ2v) is 7.20. The highest BCUT2D eigenvalue weighted by Crippen LogP contribution is 2.33. The molecular weight excluding hydrogens is 342 g/mol. The van der Waals surface area contributed by atoms with Gasteiger partial charge in [-0.25, -0.2) is 0 Å². The van der Waals surface area contributed by atoms with Crippen LogP contribution < -0.4 is 19.5 Å². The molecule has 1 aliphatic rings. The number of carbonyl (C=O) groups excluding carboxylic acids is 1. The van der Waals surface area contributed by atoms with Crippen LogP contribution in [0.5, 0.6) is 17.2 Å². The quantitative estimate of drug-likeness (QED) is 0.860. The lowest BCUT2D eigenvalue weighted by molar-refractivity contribution is -0.131. The van der Waals surface area contributed by atoms with Crippen LogP contribution in [0, 0.1) is 6.92 Å². The van der Waals surface area contributed by atoms with E-state index >= 15 is 0 Å². The van der Waals surface area contributed by atoms with Crippen molar-refractivity contribution < 1.29 is 19.0 Å². The number of amides is 1. The lowest BCUT2D eigenvalue weighted by atomic mass is 9.93. The molecule has 1 heterocycles. The van der Waals surface area contributed by atoms with Crippen LogP contribution in [0.15, 0.2) is 36.4 Å². The maximum absolute atomic E-state index is 12.7. The van der Waals surface area contributed by atoms with Gasteiger partial charge in [0.1, 0.15) is 12.4 Å². The van der Waals surface area contributed by atoms with E-state index in [1.165, 1.54) is 0 Å². The number of hydrogen-bond donors (Lipinski definition) is 1. The average molecular weight is 369 g/mol. The molecule has 1 amide bonds. The van der Waals surface area contributed by atoms with Crippen LogP contribution in [0.4, 0.5) is 0 Å². The van der Waals surface area contributed by atoms with Crippen molar-refractivity contribution >= 4 is 5.91 Å². The fourth-order valence-corrected chi connectivity index (χ4v) is 3.34. The van der Waals surface area contributed by atoms with Gasteiger partial charge >= 0.3 is 0 Å². The van der Waals surface area contributed by atoms with E-state index in [1.54, 1.807) is 13.2 Å². The van der Waals surface area contributed by atoms with Gasteiger partial charge in [-0.2, -0.15) is 0 Å². The first kappa shape index (κ1) is 19.1. The molecule has 2 aromatic rings. The summed E-state index contributed by atoms with van der Waals surface area (Å²) in [6, 6.07) is 11.4. The van der Waals surface area contributed by atoms with Crippen molar-refractivity contribution in [3.05, 3.63) is 53.1 Å². The van der Waals surface area contributed by atoms with Crippen LogP contribution in [0.2, 0.25) is 0 Å². The number of nitrogens with one attached hydrogen (secondary N) is 1. The number of aryl methyl sites for hydroxylation is 1. The Hall–Kier alpha value is -2.69. The molecule has 2 aromatic carbocycles. The zero-order valence-corrected chi connectivity index (χ0v) is 16.5. The Morgan fingerprint density at radius 1 is 1.15 bits per heavy atom. The van der Waals surface area contributed by atoms with Gasteiger partial charge in [0.2, 0.25) is 6.10 Å². The van der Waals surface area contributed by atoms with Gasteiger partial charge in [-0.15, -0.1) is 0 Å². The number of hydrogen-bond acceptors (Lipinski definition) is 4. The third kappa shape index (κ3) is 4.02. The summed E-state index contributed by atoms with van der Waals surface area (Å²) in [5.74, 6) is 2.29. The first-order chi connectivity index (χ1) is 12.9. The molecule has 0 radical (unpaired) electrons. The van der Waals surface area contributed by atoms with E-state index < -0.39 is 6.10 Å². The van der Waals surface area contributed by atoms with Crippen LogP contribution in [-0.4, -0.2) is 25.7 Å². The molecule has 0 bridgehead atoms. The summed E-state index contributed by atoms with van der Waals surface area (Å²) in [6.45, 7) is 8.47. The highest BCUT2D eigenvalue weighted by molar-refractivity contribution is 5.82. The Kier molecular flexibility index (Phi) is 5.59. The zero-order valence-electron chi connectivity index (χ0n) is 16.5. The minimum absolute atomic E-state index is 0.151. The molecular formula is C22H27NO4. The number of rotatable bonds is 5. The zero-order chi connectivity index (χ0) is 19.6. The number of para-hydroxylation sites is 2. The molecule has 5 nitrogen and oxygen atoms in total. The van der Waals surface area contributed by atoms with Crippen molar-refractivity contribution in [1.82, 2.24) is 5.32 Å². The van der Waals surface area contributed by atoms with Gasteiger partial charge in [-0.1, -0.05) is 26.0 Å². The Labute approximate surface area is 160 Å². The van der Waals surface area contributed by atoms with Crippen LogP contribution in [0.25, 0.3) is 0 Å². The summed E-state index contributed by atoms with van der Waals surface area (Å²) >= 11 is 0. The predicted octanol–water partition coefficient (Wildman–Crippen LogP) is 4.14. The Bertz CT molecular complexity index is 831. The fraction of sp³-hybridized carbons (Fsp3) is 0.409. The lowest BCUT2D eigenvalue weighted by Gasteiger charge is -2.27. The van der Waals surface area contributed by atoms with E-state index in [0.29, 0.717) is 17.4 Å². The van der Waals surface area contributed by atoms with Gasteiger partial charge in [0.25, 0.3) is 5.91 Å². The number of methoxy groups -OCH3 is 1. The fourth-order valence-electron chi connectivity index (χ4n) is 3.34. The van der Waals surface area contributed by atoms with Gasteiger partial charge in [0, 0.05) is 0 Å². The third-order valence-corrected chi connectivity index (χ3v) is 4.87. The number of benzene rings is 2. The SMILES string of the molecule is COc1cc(C)c([C@@H](C)NC(=O)[C@@H]2COc3ccccc3O2)cc1C(C)C. The Morgan fingerprint density at radius 2 is 1.85 bits per heavy atom. The molecule has 0 unspecified atom stereocenters. The summed E-state index contributed by atoms with van der Waals surface area (Å²) < 4.78 is 17.0. The molecule has 0 fully saturated rings. The van der Waals surface area contributed by atoms with Crippen molar-refractivity contribution in [2.75, 3.05) is 13.7 Å². The third-order valence-electron chi connectivity index (χ3n) is 4.87. The molecule has 0 aliphatic carbocycles. The number of ether oxygens (including phenoxy) is 3. The van der Waals surface area contributed by atoms with Crippen molar-refractivity contribution in [1.29, 1.82) is 0 Å². The summed E-state index contributed by atoms with van der Waals surface area (Å²) in [5.41, 5.74) is 3.28. The maximum Gasteiger partial charge on any atom is 0.265 e. The molecule has 3 rings (SSSR count). The highest BCUT2D eigenvalue weighted by atomic mass is 16.6. The Balaban J connectivity index is 1.75. The summed E-state index contributed by atoms with van der Waals surface area (Å²) in [4.78, 5) is 12.7. The van der Waals surface area contributed by atoms with Crippen molar-refractivity contribution in [2.24, 2.45) is 0 Å². The van der Waals surface area contributed by atoms with Crippen molar-refractivity contribution in [2.45, 2.75) is 45.8 Å². The summed E-state index contributed by atoms with van der Waals surface area (Å²) in [6.07, 6.45) is -0.662. The van der Waals surface area contributed by atoms with Crippen molar-refractivity contribution in [3.8, 4) is 17.2 Å². The molecule has 0 spiro atoms. The van der Waals surface area contributed by atoms with E-state index in [9.17, 15) is 4.79 Å². The molecule has 1 aliphatic heterocycles. The van der Waals surface area contributed by atoms with Crippen LogP contribution in [0.3, 0.4) is 0 Å².